The Labute approximate surface area is 112 Å². The number of benzene rings is 1. The highest BCUT2D eigenvalue weighted by molar-refractivity contribution is 5.79. The minimum atomic E-state index is -0.488. The number of likely N-dealkylation sites (N-methyl/N-ethyl adjacent to an activating group) is 1. The molecule has 0 saturated heterocycles. The molecule has 1 rings (SSSR count). The number of hydrogen-bond acceptors (Lipinski definition) is 5. The Balaban J connectivity index is 2.95. The van der Waals surface area contributed by atoms with E-state index in [0.29, 0.717) is 24.1 Å². The van der Waals surface area contributed by atoms with Crippen LogP contribution in [-0.2, 0) is 0 Å². The van der Waals surface area contributed by atoms with Gasteiger partial charge in [-0.05, 0) is 40.1 Å². The lowest BCUT2D eigenvalue weighted by Gasteiger charge is -2.32. The Bertz CT molecular complexity index is 484. The second-order valence-electron chi connectivity index (χ2n) is 5.21. The van der Waals surface area contributed by atoms with Gasteiger partial charge in [0.1, 0.15) is 12.0 Å². The van der Waals surface area contributed by atoms with Gasteiger partial charge in [0.2, 0.25) is 0 Å². The van der Waals surface area contributed by atoms with E-state index in [1.807, 2.05) is 32.8 Å². The summed E-state index contributed by atoms with van der Waals surface area (Å²) in [7, 11) is 3.90. The zero-order valence-corrected chi connectivity index (χ0v) is 11.6. The molecule has 0 aromatic heterocycles. The fourth-order valence-electron chi connectivity index (χ4n) is 1.39. The van der Waals surface area contributed by atoms with Crippen LogP contribution < -0.4 is 5.32 Å². The summed E-state index contributed by atoms with van der Waals surface area (Å²) in [4.78, 5) is 23.2. The molecule has 0 aliphatic heterocycles. The maximum Gasteiger partial charge on any atom is 0.293 e. The minimum Gasteiger partial charge on any atom is -0.378 e. The first-order chi connectivity index (χ1) is 8.77. The molecule has 0 atom stereocenters. The van der Waals surface area contributed by atoms with Crippen molar-refractivity contribution in [2.45, 2.75) is 19.4 Å². The van der Waals surface area contributed by atoms with Crippen LogP contribution in [-0.4, -0.2) is 42.3 Å². The molecular formula is C13H19N3O3. The third kappa shape index (κ3) is 3.75. The van der Waals surface area contributed by atoms with Crippen molar-refractivity contribution in [1.82, 2.24) is 4.90 Å². The van der Waals surface area contributed by atoms with Gasteiger partial charge in [-0.1, -0.05) is 0 Å². The van der Waals surface area contributed by atoms with Gasteiger partial charge in [-0.2, -0.15) is 0 Å². The van der Waals surface area contributed by atoms with Gasteiger partial charge in [0.15, 0.2) is 0 Å². The lowest BCUT2D eigenvalue weighted by molar-refractivity contribution is -0.384. The molecule has 0 aliphatic carbocycles. The van der Waals surface area contributed by atoms with E-state index in [-0.39, 0.29) is 11.2 Å². The largest absolute Gasteiger partial charge is 0.378 e. The Morgan fingerprint density at radius 2 is 2.05 bits per heavy atom. The fraction of sp³-hybridized carbons (Fsp3) is 0.462. The minimum absolute atomic E-state index is 0.0841. The van der Waals surface area contributed by atoms with Crippen LogP contribution in [0.2, 0.25) is 0 Å². The maximum atomic E-state index is 11.0. The topological polar surface area (TPSA) is 75.5 Å². The number of hydrogen-bond donors (Lipinski definition) is 1. The van der Waals surface area contributed by atoms with Crippen LogP contribution in [0.5, 0.6) is 0 Å². The predicted molar refractivity (Wildman–Crippen MR) is 74.7 cm³/mol. The van der Waals surface area contributed by atoms with Gasteiger partial charge >= 0.3 is 0 Å². The second kappa shape index (κ2) is 5.79. The molecule has 0 amide bonds. The number of carbonyl (C=O) groups is 1. The zero-order chi connectivity index (χ0) is 14.6. The quantitative estimate of drug-likeness (QED) is 0.484. The van der Waals surface area contributed by atoms with Crippen LogP contribution in [0.4, 0.5) is 11.4 Å². The molecule has 0 bridgehead atoms. The predicted octanol–water partition coefficient (Wildman–Crippen LogP) is 2.16. The molecule has 6 nitrogen and oxygen atoms in total. The number of rotatable bonds is 6. The summed E-state index contributed by atoms with van der Waals surface area (Å²) in [6.45, 7) is 4.62. The average Bonchev–Trinajstić information content (AvgIpc) is 2.35. The van der Waals surface area contributed by atoms with E-state index in [0.717, 1.165) is 0 Å². The van der Waals surface area contributed by atoms with Crippen molar-refractivity contribution in [3.05, 3.63) is 33.9 Å². The van der Waals surface area contributed by atoms with Crippen molar-refractivity contribution in [1.29, 1.82) is 0 Å². The van der Waals surface area contributed by atoms with Gasteiger partial charge in [0, 0.05) is 23.7 Å². The highest BCUT2D eigenvalue weighted by Crippen LogP contribution is 2.26. The van der Waals surface area contributed by atoms with Crippen molar-refractivity contribution < 1.29 is 9.72 Å². The first-order valence-electron chi connectivity index (χ1n) is 5.93. The number of nitrogens with zero attached hydrogens (tertiary/aromatic N) is 2. The highest BCUT2D eigenvalue weighted by atomic mass is 16.6. The molecule has 6 heteroatoms. The summed E-state index contributed by atoms with van der Waals surface area (Å²) in [6, 6.07) is 4.40. The standard InChI is InChI=1S/C13H19N3O3/c1-13(2,15(3)4)9-14-11-6-5-10(8-17)7-12(11)16(18)19/h5-8,14H,9H2,1-4H3. The van der Waals surface area contributed by atoms with Crippen LogP contribution in [0.15, 0.2) is 18.2 Å². The molecule has 104 valence electrons. The van der Waals surface area contributed by atoms with E-state index < -0.39 is 4.92 Å². The normalized spacial score (nSPS) is 11.4. The van der Waals surface area contributed by atoms with Crippen molar-refractivity contribution in [3.8, 4) is 0 Å². The molecule has 1 N–H and O–H groups in total. The molecule has 0 unspecified atom stereocenters. The lowest BCUT2D eigenvalue weighted by Crippen LogP contribution is -2.44. The number of nitrogens with one attached hydrogen (secondary N) is 1. The summed E-state index contributed by atoms with van der Waals surface area (Å²) in [5.41, 5.74) is 0.491. The van der Waals surface area contributed by atoms with Crippen LogP contribution in [0, 0.1) is 10.1 Å². The monoisotopic (exact) mass is 265 g/mol. The van der Waals surface area contributed by atoms with Crippen LogP contribution in [0.25, 0.3) is 0 Å². The van der Waals surface area contributed by atoms with Gasteiger partial charge in [0.25, 0.3) is 5.69 Å². The molecule has 19 heavy (non-hydrogen) atoms. The van der Waals surface area contributed by atoms with E-state index in [1.54, 1.807) is 12.1 Å². The first kappa shape index (κ1) is 15.1. The number of nitro groups is 1. The average molecular weight is 265 g/mol. The lowest BCUT2D eigenvalue weighted by atomic mass is 10.0. The van der Waals surface area contributed by atoms with Crippen LogP contribution in [0.3, 0.4) is 0 Å². The molecule has 1 aromatic carbocycles. The van der Waals surface area contributed by atoms with Gasteiger partial charge in [-0.3, -0.25) is 14.9 Å². The van der Waals surface area contributed by atoms with Gasteiger partial charge in [-0.25, -0.2) is 0 Å². The van der Waals surface area contributed by atoms with Gasteiger partial charge in [0.05, 0.1) is 4.92 Å². The molecule has 0 aliphatic rings. The Morgan fingerprint density at radius 1 is 1.42 bits per heavy atom. The van der Waals surface area contributed by atoms with E-state index in [1.165, 1.54) is 6.07 Å². The van der Waals surface area contributed by atoms with E-state index in [2.05, 4.69) is 5.32 Å². The van der Waals surface area contributed by atoms with Gasteiger partial charge < -0.3 is 10.2 Å². The van der Waals surface area contributed by atoms with Crippen LogP contribution in [0.1, 0.15) is 24.2 Å². The Morgan fingerprint density at radius 3 is 2.53 bits per heavy atom. The number of nitro benzene ring substituents is 1. The summed E-state index contributed by atoms with van der Waals surface area (Å²) in [5, 5.41) is 14.1. The molecule has 0 fully saturated rings. The van der Waals surface area contributed by atoms with E-state index in [9.17, 15) is 14.9 Å². The fourth-order valence-corrected chi connectivity index (χ4v) is 1.39. The summed E-state index contributed by atoms with van der Waals surface area (Å²) >= 11 is 0. The first-order valence-corrected chi connectivity index (χ1v) is 5.93. The van der Waals surface area contributed by atoms with Gasteiger partial charge in [-0.15, -0.1) is 0 Å². The van der Waals surface area contributed by atoms with Crippen molar-refractivity contribution in [2.75, 3.05) is 26.0 Å². The Kier molecular flexibility index (Phi) is 4.61. The van der Waals surface area contributed by atoms with Crippen LogP contribution >= 0.6 is 0 Å². The summed E-state index contributed by atoms with van der Waals surface area (Å²) in [5.74, 6) is 0. The van der Waals surface area contributed by atoms with Crippen molar-refractivity contribution >= 4 is 17.7 Å². The molecule has 0 saturated carbocycles. The third-order valence-electron chi connectivity index (χ3n) is 3.28. The highest BCUT2D eigenvalue weighted by Gasteiger charge is 2.22. The summed E-state index contributed by atoms with van der Waals surface area (Å²) < 4.78 is 0. The number of carbonyl (C=O) groups excluding carboxylic acids is 1. The number of aldehydes is 1. The maximum absolute atomic E-state index is 11.0. The molecule has 0 radical (unpaired) electrons. The van der Waals surface area contributed by atoms with E-state index >= 15 is 0 Å². The molecular weight excluding hydrogens is 246 g/mol. The number of anilines is 1. The Hall–Kier alpha value is -1.95. The van der Waals surface area contributed by atoms with E-state index in [4.69, 9.17) is 0 Å². The third-order valence-corrected chi connectivity index (χ3v) is 3.28. The smallest absolute Gasteiger partial charge is 0.293 e. The second-order valence-corrected chi connectivity index (χ2v) is 5.21. The summed E-state index contributed by atoms with van der Waals surface area (Å²) in [6.07, 6.45) is 0.598. The van der Waals surface area contributed by atoms with Crippen molar-refractivity contribution in [3.63, 3.8) is 0 Å². The molecule has 1 aromatic rings. The molecule has 0 heterocycles. The zero-order valence-electron chi connectivity index (χ0n) is 11.6. The molecule has 0 spiro atoms. The SMILES string of the molecule is CN(C)C(C)(C)CNc1ccc(C=O)cc1[N+](=O)[O-]. The van der Waals surface area contributed by atoms with Crippen molar-refractivity contribution in [2.24, 2.45) is 0 Å².